The molecule has 3 aromatic carbocycles. The molecule has 0 heterocycles. The average molecular weight is 567 g/mol. The molecule has 0 aliphatic carbocycles. The summed E-state index contributed by atoms with van der Waals surface area (Å²) in [6.45, 7) is 23.6. The van der Waals surface area contributed by atoms with E-state index in [1.807, 2.05) is 56.3 Å². The van der Waals surface area contributed by atoms with Crippen molar-refractivity contribution in [1.82, 2.24) is 0 Å². The topological polar surface area (TPSA) is 46.2 Å². The minimum atomic E-state index is -1.92. The van der Waals surface area contributed by atoms with Gasteiger partial charge in [0.1, 0.15) is 28.7 Å². The van der Waals surface area contributed by atoms with Crippen LogP contribution in [0.15, 0.2) is 48.5 Å². The maximum Gasteiger partial charge on any atom is 0.530 e. The van der Waals surface area contributed by atoms with Crippen molar-refractivity contribution in [3.8, 4) is 28.7 Å². The first-order valence-corrected chi connectivity index (χ1v) is 14.9. The molecule has 5 nitrogen and oxygen atoms in total. The predicted octanol–water partition coefficient (Wildman–Crippen LogP) is 9.98. The van der Waals surface area contributed by atoms with Crippen molar-refractivity contribution in [1.29, 1.82) is 0 Å². The number of benzene rings is 3. The van der Waals surface area contributed by atoms with Gasteiger partial charge in [-0.25, -0.2) is 0 Å². The van der Waals surface area contributed by atoms with Crippen LogP contribution in [0.25, 0.3) is 0 Å². The first-order chi connectivity index (χ1) is 18.5. The van der Waals surface area contributed by atoms with Gasteiger partial charge in [-0.05, 0) is 71.6 Å². The molecular weight excluding hydrogens is 519 g/mol. The van der Waals surface area contributed by atoms with Gasteiger partial charge in [0.2, 0.25) is 0 Å². The van der Waals surface area contributed by atoms with Crippen molar-refractivity contribution in [2.75, 3.05) is 14.2 Å². The van der Waals surface area contributed by atoms with Gasteiger partial charge in [-0.2, -0.15) is 0 Å². The fraction of sp³-hybridized carbons (Fsp3) is 0.471. The van der Waals surface area contributed by atoms with Crippen LogP contribution in [0, 0.1) is 13.8 Å². The molecule has 0 atom stereocenters. The van der Waals surface area contributed by atoms with Crippen LogP contribution in [0.5, 0.6) is 28.7 Å². The highest BCUT2D eigenvalue weighted by Crippen LogP contribution is 2.51. The molecule has 0 unspecified atom stereocenters. The Bertz CT molecular complexity index is 1250. The fourth-order valence-corrected chi connectivity index (χ4v) is 5.74. The number of hydrogen-bond donors (Lipinski definition) is 0. The molecule has 0 amide bonds. The lowest BCUT2D eigenvalue weighted by Crippen LogP contribution is -2.18. The normalized spacial score (nSPS) is 12.3. The standard InChI is InChI=1S/C34H47O5P/c1-22-18-24(35-12)20-27(33(6,7)8)30(22)38-40(37-29-17-15-14-16-26(29)32(3,4)5)39-31-23(2)19-25(36-13)21-28(31)34(9,10)11/h14-21H,1-13H3. The van der Waals surface area contributed by atoms with Crippen molar-refractivity contribution in [2.45, 2.75) is 92.4 Å². The van der Waals surface area contributed by atoms with Gasteiger partial charge in [0.25, 0.3) is 0 Å². The molecule has 0 aromatic heterocycles. The lowest BCUT2D eigenvalue weighted by molar-refractivity contribution is 0.366. The second kappa shape index (κ2) is 11.9. The van der Waals surface area contributed by atoms with Crippen molar-refractivity contribution in [3.05, 3.63) is 76.3 Å². The fourth-order valence-electron chi connectivity index (χ4n) is 4.53. The lowest BCUT2D eigenvalue weighted by atomic mass is 9.85. The van der Waals surface area contributed by atoms with Crippen LogP contribution in [0.4, 0.5) is 0 Å². The van der Waals surface area contributed by atoms with E-state index in [0.717, 1.165) is 56.6 Å². The smallest absolute Gasteiger partial charge is 0.497 e. The van der Waals surface area contributed by atoms with Crippen LogP contribution in [0.2, 0.25) is 0 Å². The number of methoxy groups -OCH3 is 2. The summed E-state index contributed by atoms with van der Waals surface area (Å²) in [5, 5.41) is 0. The summed E-state index contributed by atoms with van der Waals surface area (Å²) in [6.07, 6.45) is 0. The first kappa shape index (κ1) is 31.6. The van der Waals surface area contributed by atoms with Crippen LogP contribution in [0.3, 0.4) is 0 Å². The Morgan fingerprint density at radius 1 is 0.525 bits per heavy atom. The molecule has 0 saturated carbocycles. The van der Waals surface area contributed by atoms with Gasteiger partial charge >= 0.3 is 8.60 Å². The number of hydrogen-bond acceptors (Lipinski definition) is 5. The van der Waals surface area contributed by atoms with Crippen LogP contribution in [-0.4, -0.2) is 14.2 Å². The Kier molecular flexibility index (Phi) is 9.41. The van der Waals surface area contributed by atoms with Crippen molar-refractivity contribution >= 4 is 8.60 Å². The molecule has 0 fully saturated rings. The molecule has 0 radical (unpaired) electrons. The van der Waals surface area contributed by atoms with Gasteiger partial charge < -0.3 is 23.0 Å². The van der Waals surface area contributed by atoms with Crippen LogP contribution in [-0.2, 0) is 16.2 Å². The molecule has 0 saturated heterocycles. The number of rotatable bonds is 8. The van der Waals surface area contributed by atoms with Gasteiger partial charge in [0, 0.05) is 16.7 Å². The molecule has 3 aromatic rings. The summed E-state index contributed by atoms with van der Waals surface area (Å²) < 4.78 is 31.5. The molecule has 0 N–H and O–H groups in total. The monoisotopic (exact) mass is 566 g/mol. The Morgan fingerprint density at radius 3 is 1.30 bits per heavy atom. The van der Waals surface area contributed by atoms with E-state index in [0.29, 0.717) is 0 Å². The minimum Gasteiger partial charge on any atom is -0.497 e. The minimum absolute atomic E-state index is 0.128. The summed E-state index contributed by atoms with van der Waals surface area (Å²) in [5.74, 6) is 3.82. The molecule has 0 spiro atoms. The summed E-state index contributed by atoms with van der Waals surface area (Å²) >= 11 is 0. The van der Waals surface area contributed by atoms with E-state index in [1.54, 1.807) is 14.2 Å². The second-order valence-corrected chi connectivity index (χ2v) is 14.4. The van der Waals surface area contributed by atoms with Crippen LogP contribution >= 0.6 is 8.60 Å². The maximum atomic E-state index is 6.79. The lowest BCUT2D eigenvalue weighted by Gasteiger charge is -2.30. The average Bonchev–Trinajstić information content (AvgIpc) is 2.84. The van der Waals surface area contributed by atoms with Gasteiger partial charge in [0.05, 0.1) is 14.2 Å². The van der Waals surface area contributed by atoms with Gasteiger partial charge in [-0.1, -0.05) is 80.5 Å². The van der Waals surface area contributed by atoms with E-state index in [9.17, 15) is 0 Å². The van der Waals surface area contributed by atoms with Gasteiger partial charge in [0.15, 0.2) is 0 Å². The highest BCUT2D eigenvalue weighted by atomic mass is 31.2. The number of aryl methyl sites for hydroxylation is 2. The van der Waals surface area contributed by atoms with E-state index >= 15 is 0 Å². The SMILES string of the molecule is COc1cc(C)c(OP(Oc2ccccc2C(C)(C)C)Oc2c(C)cc(OC)cc2C(C)(C)C)c(C(C)(C)C)c1. The van der Waals surface area contributed by atoms with Crippen LogP contribution in [0.1, 0.15) is 90.1 Å². The summed E-state index contributed by atoms with van der Waals surface area (Å²) in [7, 11) is 1.45. The molecule has 6 heteroatoms. The molecule has 218 valence electrons. The van der Waals surface area contributed by atoms with E-state index in [-0.39, 0.29) is 16.2 Å². The quantitative estimate of drug-likeness (QED) is 0.254. The summed E-state index contributed by atoms with van der Waals surface area (Å²) in [4.78, 5) is 0. The van der Waals surface area contributed by atoms with E-state index < -0.39 is 8.60 Å². The van der Waals surface area contributed by atoms with E-state index in [1.165, 1.54) is 0 Å². The number of para-hydroxylation sites is 1. The third-order valence-electron chi connectivity index (χ3n) is 6.78. The highest BCUT2D eigenvalue weighted by Gasteiger charge is 2.32. The van der Waals surface area contributed by atoms with E-state index in [2.05, 4.69) is 68.4 Å². The molecule has 0 aliphatic rings. The summed E-state index contributed by atoms with van der Waals surface area (Å²) in [6, 6.07) is 16.2. The third-order valence-corrected chi connectivity index (χ3v) is 7.79. The van der Waals surface area contributed by atoms with Gasteiger partial charge in [-0.3, -0.25) is 0 Å². The van der Waals surface area contributed by atoms with Crippen molar-refractivity contribution in [2.24, 2.45) is 0 Å². The predicted molar refractivity (Wildman–Crippen MR) is 167 cm³/mol. The van der Waals surface area contributed by atoms with Crippen molar-refractivity contribution < 1.29 is 23.0 Å². The molecule has 0 bridgehead atoms. The molecular formula is C34H47O5P. The zero-order valence-electron chi connectivity index (χ0n) is 26.6. The molecule has 3 rings (SSSR count). The third kappa shape index (κ3) is 7.43. The maximum absolute atomic E-state index is 6.79. The van der Waals surface area contributed by atoms with Crippen molar-refractivity contribution in [3.63, 3.8) is 0 Å². The largest absolute Gasteiger partial charge is 0.530 e. The Hall–Kier alpha value is -2.91. The Balaban J connectivity index is 2.21. The zero-order valence-corrected chi connectivity index (χ0v) is 27.5. The molecule has 40 heavy (non-hydrogen) atoms. The molecule has 0 aliphatic heterocycles. The van der Waals surface area contributed by atoms with E-state index in [4.69, 9.17) is 23.0 Å². The first-order valence-electron chi connectivity index (χ1n) is 13.8. The zero-order chi connectivity index (χ0) is 30.0. The number of ether oxygens (including phenoxy) is 2. The Labute approximate surface area is 243 Å². The second-order valence-electron chi connectivity index (χ2n) is 13.4. The summed E-state index contributed by atoms with van der Waals surface area (Å²) in [5.41, 5.74) is 4.51. The van der Waals surface area contributed by atoms with Crippen LogP contribution < -0.4 is 23.0 Å². The highest BCUT2D eigenvalue weighted by molar-refractivity contribution is 7.43. The van der Waals surface area contributed by atoms with Gasteiger partial charge in [-0.15, -0.1) is 0 Å². The Morgan fingerprint density at radius 2 is 0.925 bits per heavy atom.